The number of halogens is 3. The van der Waals surface area contributed by atoms with Gasteiger partial charge >= 0.3 is 0 Å². The van der Waals surface area contributed by atoms with Crippen molar-refractivity contribution in [2.75, 3.05) is 6.61 Å². The van der Waals surface area contributed by atoms with Crippen LogP contribution >= 0.6 is 23.2 Å². The minimum Gasteiger partial charge on any atom is -0.486 e. The molecule has 172 valence electrons. The molecule has 0 aliphatic heterocycles. The summed E-state index contributed by atoms with van der Waals surface area (Å²) in [5.41, 5.74) is -0.103. The zero-order chi connectivity index (χ0) is 23.0. The average Bonchev–Trinajstić information content (AvgIpc) is 3.47. The molecule has 6 rings (SSSR count). The normalized spacial score (nSPS) is 23.1. The van der Waals surface area contributed by atoms with Gasteiger partial charge in [0.05, 0.1) is 5.02 Å². The number of H-pyrrole nitrogens is 1. The second-order valence-electron chi connectivity index (χ2n) is 8.55. The van der Waals surface area contributed by atoms with Crippen molar-refractivity contribution in [2.45, 2.75) is 37.3 Å². The first-order valence-corrected chi connectivity index (χ1v) is 11.3. The standard InChI is InChI=1S/C23H21Cl2FN4O3/c24-14-1-3-15(4-2-14)32-11-20-28-22(30-29-20)23-8-13(9-23)19(10-23)27-21(31)12-33-16-5-6-17(25)18(26)7-16/h1-7,13,19H,8-12H2,(H,27,31)(H,28,29,30)/t13?,19-,23?/m1/s1. The number of amides is 1. The van der Waals surface area contributed by atoms with E-state index in [4.69, 9.17) is 32.7 Å². The van der Waals surface area contributed by atoms with Crippen molar-refractivity contribution in [2.24, 2.45) is 5.92 Å². The lowest BCUT2D eigenvalue weighted by molar-refractivity contribution is -0.124. The van der Waals surface area contributed by atoms with Crippen LogP contribution < -0.4 is 14.8 Å². The molecule has 3 aliphatic rings. The fraction of sp³-hybridized carbons (Fsp3) is 0.348. The van der Waals surface area contributed by atoms with Crippen molar-refractivity contribution in [1.29, 1.82) is 0 Å². The van der Waals surface area contributed by atoms with Crippen LogP contribution in [-0.2, 0) is 16.8 Å². The maximum absolute atomic E-state index is 13.5. The van der Waals surface area contributed by atoms with Crippen LogP contribution in [0.15, 0.2) is 42.5 Å². The molecular formula is C23H21Cl2FN4O3. The van der Waals surface area contributed by atoms with Crippen molar-refractivity contribution < 1.29 is 18.7 Å². The van der Waals surface area contributed by atoms with Gasteiger partial charge in [0.2, 0.25) is 0 Å². The fourth-order valence-electron chi connectivity index (χ4n) is 4.69. The van der Waals surface area contributed by atoms with Crippen LogP contribution in [-0.4, -0.2) is 33.7 Å². The second-order valence-corrected chi connectivity index (χ2v) is 9.40. The Kier molecular flexibility index (Phi) is 5.88. The Morgan fingerprint density at radius 2 is 1.85 bits per heavy atom. The molecule has 0 radical (unpaired) electrons. The summed E-state index contributed by atoms with van der Waals surface area (Å²) in [7, 11) is 0. The smallest absolute Gasteiger partial charge is 0.258 e. The summed E-state index contributed by atoms with van der Waals surface area (Å²) in [4.78, 5) is 15.6. The zero-order valence-corrected chi connectivity index (χ0v) is 19.0. The summed E-state index contributed by atoms with van der Waals surface area (Å²) in [5.74, 6) is 2.00. The van der Waals surface area contributed by atoms with Crippen LogP contribution in [0.4, 0.5) is 4.39 Å². The minimum absolute atomic E-state index is 0.00921. The monoisotopic (exact) mass is 490 g/mol. The number of fused-ring (bicyclic) bond motifs is 1. The minimum atomic E-state index is -0.585. The highest BCUT2D eigenvalue weighted by molar-refractivity contribution is 6.30. The molecule has 0 saturated heterocycles. The molecule has 3 fully saturated rings. The summed E-state index contributed by atoms with van der Waals surface area (Å²) in [6.07, 6.45) is 2.66. The molecule has 10 heteroatoms. The number of hydrogen-bond acceptors (Lipinski definition) is 5. The Labute approximate surface area is 199 Å². The van der Waals surface area contributed by atoms with Crippen LogP contribution in [0.2, 0.25) is 10.0 Å². The van der Waals surface area contributed by atoms with Crippen LogP contribution in [0.1, 0.15) is 30.9 Å². The van der Waals surface area contributed by atoms with E-state index >= 15 is 0 Å². The van der Waals surface area contributed by atoms with Crippen molar-refractivity contribution >= 4 is 29.1 Å². The lowest BCUT2D eigenvalue weighted by Crippen LogP contribution is -2.40. The Balaban J connectivity index is 1.12. The molecule has 1 heterocycles. The van der Waals surface area contributed by atoms with Gasteiger partial charge in [0, 0.05) is 22.5 Å². The Morgan fingerprint density at radius 3 is 2.61 bits per heavy atom. The Morgan fingerprint density at radius 1 is 1.09 bits per heavy atom. The number of carbonyl (C=O) groups is 1. The van der Waals surface area contributed by atoms with E-state index < -0.39 is 5.82 Å². The predicted octanol–water partition coefficient (Wildman–Crippen LogP) is 4.44. The lowest BCUT2D eigenvalue weighted by Gasteiger charge is -2.36. The van der Waals surface area contributed by atoms with E-state index in [1.165, 1.54) is 12.1 Å². The van der Waals surface area contributed by atoms with Crippen LogP contribution in [0.5, 0.6) is 11.5 Å². The molecule has 2 aromatic carbocycles. The predicted molar refractivity (Wildman–Crippen MR) is 120 cm³/mol. The SMILES string of the molecule is O=C(COc1ccc(Cl)c(F)c1)N[C@@H]1CC2(c3nnc(COc4ccc(Cl)cc4)[nH]3)CC1C2. The van der Waals surface area contributed by atoms with E-state index in [-0.39, 0.29) is 41.3 Å². The highest BCUT2D eigenvalue weighted by atomic mass is 35.5. The number of benzene rings is 2. The average molecular weight is 491 g/mol. The summed E-state index contributed by atoms with van der Waals surface area (Å²) < 4.78 is 24.6. The van der Waals surface area contributed by atoms with Crippen LogP contribution in [0, 0.1) is 11.7 Å². The number of rotatable bonds is 8. The number of nitrogens with one attached hydrogen (secondary N) is 2. The van der Waals surface area contributed by atoms with Gasteiger partial charge in [0.1, 0.15) is 29.7 Å². The van der Waals surface area contributed by atoms with E-state index in [1.54, 1.807) is 24.3 Å². The molecule has 0 unspecified atom stereocenters. The molecule has 2 N–H and O–H groups in total. The molecule has 33 heavy (non-hydrogen) atoms. The Hall–Kier alpha value is -2.84. The molecule has 1 aromatic heterocycles. The molecule has 0 spiro atoms. The van der Waals surface area contributed by atoms with Crippen molar-refractivity contribution in [3.8, 4) is 11.5 Å². The van der Waals surface area contributed by atoms with Gasteiger partial charge in [-0.05, 0) is 61.6 Å². The summed E-state index contributed by atoms with van der Waals surface area (Å²) in [6, 6.07) is 11.3. The number of hydrogen-bond donors (Lipinski definition) is 2. The molecule has 2 bridgehead atoms. The van der Waals surface area contributed by atoms with Gasteiger partial charge in [-0.3, -0.25) is 4.79 Å². The summed E-state index contributed by atoms with van der Waals surface area (Å²) in [5, 5.41) is 12.3. The van der Waals surface area contributed by atoms with Gasteiger partial charge in [-0.1, -0.05) is 23.2 Å². The van der Waals surface area contributed by atoms with Crippen molar-refractivity contribution in [3.63, 3.8) is 0 Å². The van der Waals surface area contributed by atoms with Gasteiger partial charge in [0.25, 0.3) is 5.91 Å². The largest absolute Gasteiger partial charge is 0.486 e. The molecule has 3 aromatic rings. The molecule has 1 amide bonds. The van der Waals surface area contributed by atoms with Gasteiger partial charge in [0.15, 0.2) is 12.4 Å². The number of carbonyl (C=O) groups excluding carboxylic acids is 1. The van der Waals surface area contributed by atoms with E-state index in [0.29, 0.717) is 22.5 Å². The van der Waals surface area contributed by atoms with Crippen molar-refractivity contribution in [1.82, 2.24) is 20.5 Å². The van der Waals surface area contributed by atoms with E-state index in [9.17, 15) is 9.18 Å². The lowest BCUT2D eigenvalue weighted by atomic mass is 9.69. The molecule has 3 saturated carbocycles. The first-order chi connectivity index (χ1) is 15.9. The maximum Gasteiger partial charge on any atom is 0.258 e. The highest BCUT2D eigenvalue weighted by Gasteiger charge is 2.59. The van der Waals surface area contributed by atoms with Gasteiger partial charge in [-0.15, -0.1) is 10.2 Å². The first-order valence-electron chi connectivity index (χ1n) is 10.6. The van der Waals surface area contributed by atoms with Crippen LogP contribution in [0.25, 0.3) is 0 Å². The molecule has 7 nitrogen and oxygen atoms in total. The quantitative estimate of drug-likeness (QED) is 0.486. The first kappa shape index (κ1) is 22.0. The molecule has 3 aliphatic carbocycles. The van der Waals surface area contributed by atoms with Gasteiger partial charge in [-0.2, -0.15) is 0 Å². The molecular weight excluding hydrogens is 470 g/mol. The third-order valence-corrected chi connectivity index (χ3v) is 6.88. The van der Waals surface area contributed by atoms with E-state index in [1.807, 2.05) is 0 Å². The maximum atomic E-state index is 13.5. The third kappa shape index (κ3) is 4.63. The third-order valence-electron chi connectivity index (χ3n) is 6.32. The number of ether oxygens (including phenoxy) is 2. The van der Waals surface area contributed by atoms with Crippen molar-refractivity contribution in [3.05, 3.63) is 70.0 Å². The number of nitrogens with zero attached hydrogens (tertiary/aromatic N) is 2. The fourth-order valence-corrected chi connectivity index (χ4v) is 4.93. The summed E-state index contributed by atoms with van der Waals surface area (Å²) in [6.45, 7) is 0.0860. The Bertz CT molecular complexity index is 1160. The topological polar surface area (TPSA) is 89.1 Å². The summed E-state index contributed by atoms with van der Waals surface area (Å²) >= 11 is 11.5. The van der Waals surface area contributed by atoms with Crippen LogP contribution in [0.3, 0.4) is 0 Å². The second kappa shape index (κ2) is 8.83. The van der Waals surface area contributed by atoms with Gasteiger partial charge < -0.3 is 19.8 Å². The zero-order valence-electron chi connectivity index (χ0n) is 17.5. The molecule has 1 atom stereocenters. The van der Waals surface area contributed by atoms with E-state index in [0.717, 1.165) is 31.2 Å². The highest BCUT2D eigenvalue weighted by Crippen LogP contribution is 2.58. The van der Waals surface area contributed by atoms with Gasteiger partial charge in [-0.25, -0.2) is 4.39 Å². The van der Waals surface area contributed by atoms with E-state index in [2.05, 4.69) is 20.5 Å². The number of aromatic nitrogens is 3. The number of aromatic amines is 1.